The molecule has 0 fully saturated rings. The largest absolute Gasteiger partial charge is 0.494 e. The summed E-state index contributed by atoms with van der Waals surface area (Å²) in [6.45, 7) is 0.992. The van der Waals surface area contributed by atoms with Gasteiger partial charge in [-0.15, -0.1) is 0 Å². The van der Waals surface area contributed by atoms with Gasteiger partial charge < -0.3 is 19.5 Å². The molecule has 118 valence electrons. The van der Waals surface area contributed by atoms with E-state index >= 15 is 0 Å². The highest BCUT2D eigenvalue weighted by Gasteiger charge is 2.13. The van der Waals surface area contributed by atoms with Gasteiger partial charge in [0.25, 0.3) is 0 Å². The maximum atomic E-state index is 11.9. The van der Waals surface area contributed by atoms with Crippen LogP contribution in [0.3, 0.4) is 0 Å². The van der Waals surface area contributed by atoms with Gasteiger partial charge in [0, 0.05) is 31.6 Å². The maximum absolute atomic E-state index is 11.9. The fourth-order valence-electron chi connectivity index (χ4n) is 1.80. The van der Waals surface area contributed by atoms with Crippen LogP contribution in [0.15, 0.2) is 28.7 Å². The average Bonchev–Trinajstić information content (AvgIpc) is 2.45. The highest BCUT2D eigenvalue weighted by Crippen LogP contribution is 2.16. The van der Waals surface area contributed by atoms with Crippen LogP contribution in [0.1, 0.15) is 12.8 Å². The van der Waals surface area contributed by atoms with Gasteiger partial charge >= 0.3 is 0 Å². The molecule has 1 rings (SSSR count). The Morgan fingerprint density at radius 3 is 2.67 bits per heavy atom. The van der Waals surface area contributed by atoms with Crippen LogP contribution < -0.4 is 4.74 Å². The summed E-state index contributed by atoms with van der Waals surface area (Å²) in [4.78, 5) is 13.4. The zero-order valence-electron chi connectivity index (χ0n) is 12.4. The number of nitrogens with zero attached hydrogens (tertiary/aromatic N) is 1. The summed E-state index contributed by atoms with van der Waals surface area (Å²) < 4.78 is 11.4. The van der Waals surface area contributed by atoms with E-state index in [9.17, 15) is 9.90 Å². The van der Waals surface area contributed by atoms with Crippen molar-refractivity contribution in [3.8, 4) is 5.75 Å². The van der Waals surface area contributed by atoms with Gasteiger partial charge in [0.15, 0.2) is 0 Å². The Hall–Kier alpha value is -1.11. The van der Waals surface area contributed by atoms with E-state index in [2.05, 4.69) is 15.9 Å². The summed E-state index contributed by atoms with van der Waals surface area (Å²) in [5.41, 5.74) is 0. The van der Waals surface area contributed by atoms with E-state index in [1.165, 1.54) is 12.0 Å². The third-order valence-electron chi connectivity index (χ3n) is 2.89. The number of methoxy groups -OCH3 is 1. The molecule has 0 radical (unpaired) electrons. The summed E-state index contributed by atoms with van der Waals surface area (Å²) in [5.74, 6) is 0.777. The van der Waals surface area contributed by atoms with Crippen molar-refractivity contribution in [1.29, 1.82) is 0 Å². The number of amides is 1. The Morgan fingerprint density at radius 2 is 2.05 bits per heavy atom. The maximum Gasteiger partial charge on any atom is 0.222 e. The lowest BCUT2D eigenvalue weighted by atomic mass is 10.2. The predicted molar refractivity (Wildman–Crippen MR) is 84.4 cm³/mol. The lowest BCUT2D eigenvalue weighted by Crippen LogP contribution is -2.36. The van der Waals surface area contributed by atoms with Crippen molar-refractivity contribution < 1.29 is 19.4 Å². The number of halogens is 1. The molecule has 0 heterocycles. The smallest absolute Gasteiger partial charge is 0.222 e. The summed E-state index contributed by atoms with van der Waals surface area (Å²) in [5, 5.41) is 9.56. The summed E-state index contributed by atoms with van der Waals surface area (Å²) in [6, 6.07) is 7.56. The van der Waals surface area contributed by atoms with Crippen molar-refractivity contribution in [2.24, 2.45) is 0 Å². The zero-order chi connectivity index (χ0) is 15.7. The van der Waals surface area contributed by atoms with Crippen LogP contribution in [0.25, 0.3) is 0 Å². The Bertz CT molecular complexity index is 424. The highest BCUT2D eigenvalue weighted by atomic mass is 79.9. The molecular formula is C15H22BrNO4. The van der Waals surface area contributed by atoms with Gasteiger partial charge in [-0.3, -0.25) is 4.79 Å². The van der Waals surface area contributed by atoms with E-state index < -0.39 is 6.10 Å². The van der Waals surface area contributed by atoms with E-state index in [4.69, 9.17) is 9.47 Å². The lowest BCUT2D eigenvalue weighted by molar-refractivity contribution is -0.131. The van der Waals surface area contributed by atoms with Crippen LogP contribution in [0.5, 0.6) is 5.75 Å². The zero-order valence-corrected chi connectivity index (χ0v) is 14.0. The monoisotopic (exact) mass is 359 g/mol. The molecule has 6 heteroatoms. The van der Waals surface area contributed by atoms with Crippen LogP contribution in [-0.4, -0.2) is 55.9 Å². The number of likely N-dealkylation sites (N-methyl/N-ethyl adjacent to an activating group) is 1. The molecule has 21 heavy (non-hydrogen) atoms. The molecule has 0 aliphatic carbocycles. The number of ether oxygens (including phenoxy) is 2. The van der Waals surface area contributed by atoms with Gasteiger partial charge in [-0.1, -0.05) is 15.9 Å². The standard InChI is InChI=1S/C15H22BrNO4/c1-17(10-13(18)11-20-2)15(19)4-3-9-21-14-7-5-12(16)6-8-14/h5-8,13,18H,3-4,9-11H2,1-2H3. The minimum absolute atomic E-state index is 0.00967. The van der Waals surface area contributed by atoms with Crippen molar-refractivity contribution >= 4 is 21.8 Å². The molecule has 1 atom stereocenters. The van der Waals surface area contributed by atoms with E-state index in [0.29, 0.717) is 19.4 Å². The molecule has 0 saturated carbocycles. The predicted octanol–water partition coefficient (Wildman–Crippen LogP) is 2.07. The van der Waals surface area contributed by atoms with Crippen LogP contribution in [0.2, 0.25) is 0 Å². The molecule has 0 bridgehead atoms. The molecule has 1 amide bonds. The fourth-order valence-corrected chi connectivity index (χ4v) is 2.06. The molecule has 0 aliphatic heterocycles. The summed E-state index contributed by atoms with van der Waals surface area (Å²) in [7, 11) is 3.20. The average molecular weight is 360 g/mol. The third-order valence-corrected chi connectivity index (χ3v) is 3.42. The van der Waals surface area contributed by atoms with Gasteiger partial charge in [-0.25, -0.2) is 0 Å². The second kappa shape index (κ2) is 9.76. The van der Waals surface area contributed by atoms with Crippen LogP contribution >= 0.6 is 15.9 Å². The Balaban J connectivity index is 2.19. The van der Waals surface area contributed by atoms with Crippen LogP contribution in [0, 0.1) is 0 Å². The van der Waals surface area contributed by atoms with E-state index in [0.717, 1.165) is 10.2 Å². The third kappa shape index (κ3) is 7.45. The molecule has 1 unspecified atom stereocenters. The second-order valence-corrected chi connectivity index (χ2v) is 5.71. The first-order valence-electron chi connectivity index (χ1n) is 6.82. The Labute approximate surface area is 134 Å². The number of hydrogen-bond donors (Lipinski definition) is 1. The molecule has 0 saturated heterocycles. The quantitative estimate of drug-likeness (QED) is 0.685. The number of aliphatic hydroxyl groups is 1. The SMILES string of the molecule is COCC(O)CN(C)C(=O)CCCOc1ccc(Br)cc1. The van der Waals surface area contributed by atoms with Crippen molar-refractivity contribution in [2.45, 2.75) is 18.9 Å². The lowest BCUT2D eigenvalue weighted by Gasteiger charge is -2.20. The van der Waals surface area contributed by atoms with Crippen LogP contribution in [0.4, 0.5) is 0 Å². The molecule has 0 aromatic heterocycles. The van der Waals surface area contributed by atoms with E-state index in [-0.39, 0.29) is 19.1 Å². The number of benzene rings is 1. The first-order chi connectivity index (χ1) is 10.0. The van der Waals surface area contributed by atoms with E-state index in [1.54, 1.807) is 7.05 Å². The first-order valence-corrected chi connectivity index (χ1v) is 7.61. The van der Waals surface area contributed by atoms with E-state index in [1.807, 2.05) is 24.3 Å². The molecule has 0 aliphatic rings. The molecule has 1 aromatic carbocycles. The minimum atomic E-state index is -0.650. The Kier molecular flexibility index (Phi) is 8.34. The number of carbonyl (C=O) groups is 1. The van der Waals surface area contributed by atoms with Crippen molar-refractivity contribution in [3.63, 3.8) is 0 Å². The normalized spacial score (nSPS) is 12.0. The van der Waals surface area contributed by atoms with Crippen LogP contribution in [-0.2, 0) is 9.53 Å². The van der Waals surface area contributed by atoms with Gasteiger partial charge in [0.2, 0.25) is 5.91 Å². The number of hydrogen-bond acceptors (Lipinski definition) is 4. The topological polar surface area (TPSA) is 59.0 Å². The fraction of sp³-hybridized carbons (Fsp3) is 0.533. The number of rotatable bonds is 9. The second-order valence-electron chi connectivity index (χ2n) is 4.79. The van der Waals surface area contributed by atoms with Gasteiger partial charge in [0.1, 0.15) is 5.75 Å². The number of aliphatic hydroxyl groups excluding tert-OH is 1. The van der Waals surface area contributed by atoms with Crippen molar-refractivity contribution in [1.82, 2.24) is 4.90 Å². The van der Waals surface area contributed by atoms with Gasteiger partial charge in [0.05, 0.1) is 19.3 Å². The summed E-state index contributed by atoms with van der Waals surface area (Å²) >= 11 is 3.36. The van der Waals surface area contributed by atoms with Gasteiger partial charge in [-0.05, 0) is 30.7 Å². The molecule has 1 N–H and O–H groups in total. The van der Waals surface area contributed by atoms with Crippen molar-refractivity contribution in [2.75, 3.05) is 33.9 Å². The minimum Gasteiger partial charge on any atom is -0.494 e. The molecule has 1 aromatic rings. The van der Waals surface area contributed by atoms with Crippen molar-refractivity contribution in [3.05, 3.63) is 28.7 Å². The Morgan fingerprint density at radius 1 is 1.38 bits per heavy atom. The molecule has 0 spiro atoms. The van der Waals surface area contributed by atoms with Gasteiger partial charge in [-0.2, -0.15) is 0 Å². The molecule has 5 nitrogen and oxygen atoms in total. The highest BCUT2D eigenvalue weighted by molar-refractivity contribution is 9.10. The molecular weight excluding hydrogens is 338 g/mol. The number of carbonyl (C=O) groups excluding carboxylic acids is 1. The first kappa shape index (κ1) is 17.9. The summed E-state index contributed by atoms with van der Waals surface area (Å²) in [6.07, 6.45) is 0.384.